The van der Waals surface area contributed by atoms with E-state index in [1.54, 1.807) is 29.5 Å². The molecule has 3 rings (SSSR count). The minimum atomic E-state index is -0.283. The van der Waals surface area contributed by atoms with Crippen LogP contribution in [0.25, 0.3) is 11.0 Å². The Morgan fingerprint density at radius 1 is 1.22 bits per heavy atom. The van der Waals surface area contributed by atoms with Gasteiger partial charge in [-0.25, -0.2) is 9.78 Å². The van der Waals surface area contributed by atoms with Gasteiger partial charge in [-0.3, -0.25) is 4.79 Å². The van der Waals surface area contributed by atoms with Gasteiger partial charge < -0.3 is 15.3 Å². The highest BCUT2D eigenvalue weighted by atomic mass is 32.1. The van der Waals surface area contributed by atoms with Gasteiger partial charge in [-0.15, -0.1) is 11.3 Å². The van der Waals surface area contributed by atoms with Crippen molar-refractivity contribution in [3.8, 4) is 0 Å². The molecule has 23 heavy (non-hydrogen) atoms. The van der Waals surface area contributed by atoms with Crippen LogP contribution in [0.15, 0.2) is 28.4 Å². The molecule has 0 saturated heterocycles. The Morgan fingerprint density at radius 2 is 1.96 bits per heavy atom. The first kappa shape index (κ1) is 15.5. The second-order valence-electron chi connectivity index (χ2n) is 5.80. The lowest BCUT2D eigenvalue weighted by atomic mass is 10.1. The van der Waals surface area contributed by atoms with Crippen molar-refractivity contribution >= 4 is 28.3 Å². The molecule has 1 unspecified atom stereocenters. The lowest BCUT2D eigenvalue weighted by molar-refractivity contribution is 0.0939. The number of nitrogens with zero attached hydrogens (tertiary/aromatic N) is 1. The number of hydrogen-bond acceptors (Lipinski definition) is 4. The molecule has 2 heterocycles. The first-order valence-electron chi connectivity index (χ1n) is 7.42. The number of benzene rings is 1. The van der Waals surface area contributed by atoms with Crippen LogP contribution >= 0.6 is 11.3 Å². The van der Waals surface area contributed by atoms with Gasteiger partial charge in [0.1, 0.15) is 0 Å². The van der Waals surface area contributed by atoms with Gasteiger partial charge in [0.05, 0.1) is 27.8 Å². The van der Waals surface area contributed by atoms with Crippen molar-refractivity contribution in [2.24, 2.45) is 0 Å². The molecular formula is C16H18N4O2S. The molecule has 1 aromatic carbocycles. The summed E-state index contributed by atoms with van der Waals surface area (Å²) in [7, 11) is 0. The third kappa shape index (κ3) is 3.19. The Labute approximate surface area is 137 Å². The van der Waals surface area contributed by atoms with Crippen LogP contribution in [0.4, 0.5) is 0 Å². The Hall–Kier alpha value is -2.41. The van der Waals surface area contributed by atoms with Gasteiger partial charge in [0, 0.05) is 16.9 Å². The minimum Gasteiger partial charge on any atom is -0.344 e. The first-order valence-corrected chi connectivity index (χ1v) is 8.30. The number of aromatic amines is 2. The van der Waals surface area contributed by atoms with Crippen LogP contribution < -0.4 is 11.0 Å². The Balaban J connectivity index is 1.77. The molecule has 0 spiro atoms. The Kier molecular flexibility index (Phi) is 4.04. The van der Waals surface area contributed by atoms with Crippen LogP contribution in [-0.2, 0) is 0 Å². The molecule has 6 nitrogen and oxygen atoms in total. The molecule has 0 bridgehead atoms. The number of nitrogens with one attached hydrogen (secondary N) is 3. The number of imidazole rings is 1. The van der Waals surface area contributed by atoms with Crippen molar-refractivity contribution in [2.75, 3.05) is 0 Å². The third-order valence-corrected chi connectivity index (χ3v) is 4.77. The van der Waals surface area contributed by atoms with E-state index < -0.39 is 0 Å². The summed E-state index contributed by atoms with van der Waals surface area (Å²) < 4.78 is 0. The minimum absolute atomic E-state index is 0.174. The lowest BCUT2D eigenvalue weighted by Gasteiger charge is -2.12. The van der Waals surface area contributed by atoms with Crippen molar-refractivity contribution in [1.29, 1.82) is 0 Å². The van der Waals surface area contributed by atoms with Crippen LogP contribution in [0.1, 0.15) is 53.8 Å². The van der Waals surface area contributed by atoms with Crippen LogP contribution in [0.2, 0.25) is 0 Å². The molecule has 7 heteroatoms. The van der Waals surface area contributed by atoms with Crippen molar-refractivity contribution in [2.45, 2.75) is 32.7 Å². The third-order valence-electron chi connectivity index (χ3n) is 3.60. The van der Waals surface area contributed by atoms with Crippen LogP contribution in [0.3, 0.4) is 0 Å². The van der Waals surface area contributed by atoms with E-state index in [9.17, 15) is 9.59 Å². The fourth-order valence-electron chi connectivity index (χ4n) is 2.29. The average molecular weight is 330 g/mol. The summed E-state index contributed by atoms with van der Waals surface area (Å²) in [6, 6.07) is 4.89. The molecule has 1 amide bonds. The van der Waals surface area contributed by atoms with E-state index in [-0.39, 0.29) is 17.6 Å². The molecule has 0 saturated carbocycles. The highest BCUT2D eigenvalue weighted by molar-refractivity contribution is 7.09. The summed E-state index contributed by atoms with van der Waals surface area (Å²) in [5.41, 5.74) is 2.38. The van der Waals surface area contributed by atoms with E-state index in [1.165, 1.54) is 0 Å². The maximum absolute atomic E-state index is 12.4. The van der Waals surface area contributed by atoms with Crippen LogP contribution in [-0.4, -0.2) is 20.9 Å². The molecule has 2 aromatic heterocycles. The predicted molar refractivity (Wildman–Crippen MR) is 91.0 cm³/mol. The summed E-state index contributed by atoms with van der Waals surface area (Å²) in [5.74, 6) is 0.185. The predicted octanol–water partition coefficient (Wildman–Crippen LogP) is 2.93. The van der Waals surface area contributed by atoms with E-state index >= 15 is 0 Å². The maximum atomic E-state index is 12.4. The quantitative estimate of drug-likeness (QED) is 0.687. The molecule has 0 radical (unpaired) electrons. The van der Waals surface area contributed by atoms with E-state index in [0.29, 0.717) is 22.5 Å². The van der Waals surface area contributed by atoms with Crippen LogP contribution in [0.5, 0.6) is 0 Å². The number of carbonyl (C=O) groups is 1. The lowest BCUT2D eigenvalue weighted by Crippen LogP contribution is -2.26. The number of thiazole rings is 1. The number of aromatic nitrogens is 3. The van der Waals surface area contributed by atoms with Gasteiger partial charge in [0.15, 0.2) is 0 Å². The Bertz CT molecular complexity index is 906. The number of amides is 1. The molecular weight excluding hydrogens is 312 g/mol. The summed E-state index contributed by atoms with van der Waals surface area (Å²) in [5, 5.41) is 5.98. The fourth-order valence-corrected chi connectivity index (χ4v) is 3.22. The number of hydrogen-bond donors (Lipinski definition) is 3. The molecule has 0 aliphatic heterocycles. The number of carbonyl (C=O) groups excluding carboxylic acids is 1. The van der Waals surface area contributed by atoms with Crippen molar-refractivity contribution in [3.05, 3.63) is 50.3 Å². The summed E-state index contributed by atoms with van der Waals surface area (Å²) in [6.45, 7) is 6.10. The monoisotopic (exact) mass is 330 g/mol. The van der Waals surface area contributed by atoms with Gasteiger partial charge in [-0.05, 0) is 25.1 Å². The maximum Gasteiger partial charge on any atom is 0.323 e. The fraction of sp³-hybridized carbons (Fsp3) is 0.312. The van der Waals surface area contributed by atoms with E-state index in [1.807, 2.05) is 12.3 Å². The zero-order chi connectivity index (χ0) is 16.6. The van der Waals surface area contributed by atoms with Gasteiger partial charge in [0.25, 0.3) is 5.91 Å². The first-order chi connectivity index (χ1) is 10.9. The number of fused-ring (bicyclic) bond motifs is 1. The Morgan fingerprint density at radius 3 is 2.65 bits per heavy atom. The zero-order valence-corrected chi connectivity index (χ0v) is 14.0. The highest BCUT2D eigenvalue weighted by Crippen LogP contribution is 2.23. The summed E-state index contributed by atoms with van der Waals surface area (Å²) in [4.78, 5) is 33.5. The van der Waals surface area contributed by atoms with E-state index in [2.05, 4.69) is 34.1 Å². The smallest absolute Gasteiger partial charge is 0.323 e. The van der Waals surface area contributed by atoms with E-state index in [0.717, 1.165) is 10.7 Å². The molecule has 120 valence electrons. The highest BCUT2D eigenvalue weighted by Gasteiger charge is 2.16. The molecule has 0 aliphatic rings. The van der Waals surface area contributed by atoms with Gasteiger partial charge in [-0.1, -0.05) is 13.8 Å². The molecule has 3 N–H and O–H groups in total. The molecule has 1 atom stereocenters. The average Bonchev–Trinajstić information content (AvgIpc) is 3.11. The molecule has 0 aliphatic carbocycles. The second-order valence-corrected chi connectivity index (χ2v) is 6.69. The topological polar surface area (TPSA) is 90.6 Å². The zero-order valence-electron chi connectivity index (χ0n) is 13.1. The number of rotatable bonds is 4. The van der Waals surface area contributed by atoms with Gasteiger partial charge in [-0.2, -0.15) is 0 Å². The van der Waals surface area contributed by atoms with Gasteiger partial charge >= 0.3 is 5.69 Å². The summed E-state index contributed by atoms with van der Waals surface area (Å²) >= 11 is 1.61. The van der Waals surface area contributed by atoms with E-state index in [4.69, 9.17) is 0 Å². The SMILES string of the molecule is CC(C)c1nc(C(C)NC(=O)c2ccc3[nH]c(=O)[nH]c3c2)cs1. The molecule has 0 fully saturated rings. The second kappa shape index (κ2) is 6.00. The van der Waals surface area contributed by atoms with Crippen molar-refractivity contribution < 1.29 is 4.79 Å². The largest absolute Gasteiger partial charge is 0.344 e. The van der Waals surface area contributed by atoms with Gasteiger partial charge in [0.2, 0.25) is 0 Å². The van der Waals surface area contributed by atoms with Crippen molar-refractivity contribution in [1.82, 2.24) is 20.3 Å². The normalized spacial score (nSPS) is 12.7. The van der Waals surface area contributed by atoms with Crippen molar-refractivity contribution in [3.63, 3.8) is 0 Å². The standard InChI is InChI=1S/C16H18N4O2S/c1-8(2)15-18-13(7-23-15)9(3)17-14(21)10-4-5-11-12(6-10)20-16(22)19-11/h4-9H,1-3H3,(H,17,21)(H2,19,20,22). The number of H-pyrrole nitrogens is 2. The van der Waals surface area contributed by atoms with Crippen LogP contribution in [0, 0.1) is 0 Å². The molecule has 3 aromatic rings. The summed E-state index contributed by atoms with van der Waals surface area (Å²) in [6.07, 6.45) is 0.